The van der Waals surface area contributed by atoms with Crippen molar-refractivity contribution in [3.05, 3.63) is 24.0 Å². The van der Waals surface area contributed by atoms with Crippen LogP contribution in [0.2, 0.25) is 0 Å². The lowest BCUT2D eigenvalue weighted by Gasteiger charge is -2.24. The van der Waals surface area contributed by atoms with Gasteiger partial charge < -0.3 is 10.1 Å². The molecule has 0 aliphatic carbocycles. The highest BCUT2D eigenvalue weighted by molar-refractivity contribution is 5.30. The molecule has 1 heterocycles. The Labute approximate surface area is 104 Å². The lowest BCUT2D eigenvalue weighted by molar-refractivity contribution is -0.300. The smallest absolute Gasteiger partial charge is 0.434 e. The number of hydrogen-bond donors (Lipinski definition) is 1. The minimum absolute atomic E-state index is 0.0558. The number of nitrogens with one attached hydrogen (secondary N) is 1. The average Bonchev–Trinajstić information content (AvgIpc) is 2.25. The second-order valence-corrected chi connectivity index (χ2v) is 3.59. The summed E-state index contributed by atoms with van der Waals surface area (Å²) in [5, 5.41) is 2.60. The summed E-state index contributed by atoms with van der Waals surface area (Å²) in [5.74, 6) is -0.559. The molecule has 1 N–H and O–H groups in total. The number of rotatable bonds is 4. The van der Waals surface area contributed by atoms with Crippen LogP contribution in [0.4, 0.5) is 26.3 Å². The Bertz CT molecular complexity index is 403. The van der Waals surface area contributed by atoms with Crippen molar-refractivity contribution >= 4 is 0 Å². The van der Waals surface area contributed by atoms with Crippen LogP contribution in [-0.2, 0) is 6.54 Å². The Kier molecular flexibility index (Phi) is 4.61. The Morgan fingerprint density at radius 3 is 2.26 bits per heavy atom. The van der Waals surface area contributed by atoms with Crippen LogP contribution >= 0.6 is 0 Å². The number of hydrogen-bond acceptors (Lipinski definition) is 3. The fraction of sp³-hybridized carbons (Fsp3) is 0.500. The van der Waals surface area contributed by atoms with Crippen LogP contribution in [0.5, 0.6) is 5.75 Å². The molecule has 0 aliphatic heterocycles. The van der Waals surface area contributed by atoms with Crippen LogP contribution in [0, 0.1) is 0 Å². The summed E-state index contributed by atoms with van der Waals surface area (Å²) < 4.78 is 78.1. The van der Waals surface area contributed by atoms with E-state index in [1.165, 1.54) is 19.3 Å². The van der Waals surface area contributed by atoms with Gasteiger partial charge >= 0.3 is 12.4 Å². The first kappa shape index (κ1) is 15.5. The van der Waals surface area contributed by atoms with Gasteiger partial charge in [-0.3, -0.25) is 4.98 Å². The molecule has 0 radical (unpaired) electrons. The summed E-state index contributed by atoms with van der Waals surface area (Å²) in [7, 11) is 1.50. The molecule has 108 valence electrons. The van der Waals surface area contributed by atoms with E-state index in [9.17, 15) is 26.3 Å². The maximum Gasteiger partial charge on any atom is 0.434 e. The fourth-order valence-corrected chi connectivity index (χ4v) is 1.30. The van der Waals surface area contributed by atoms with Gasteiger partial charge in [-0.15, -0.1) is 0 Å². The van der Waals surface area contributed by atoms with E-state index in [-0.39, 0.29) is 12.1 Å². The summed E-state index contributed by atoms with van der Waals surface area (Å²) in [4.78, 5) is 3.46. The monoisotopic (exact) mass is 288 g/mol. The first-order valence-electron chi connectivity index (χ1n) is 5.04. The normalized spacial score (nSPS) is 12.8. The van der Waals surface area contributed by atoms with E-state index in [2.05, 4.69) is 15.0 Å². The van der Waals surface area contributed by atoms with Crippen LogP contribution in [-0.4, -0.2) is 30.5 Å². The Morgan fingerprint density at radius 2 is 1.79 bits per heavy atom. The summed E-state index contributed by atoms with van der Waals surface area (Å²) in [5.41, 5.74) is 0.149. The van der Waals surface area contributed by atoms with Gasteiger partial charge in [0.2, 0.25) is 0 Å². The Balaban J connectivity index is 3.04. The molecule has 0 amide bonds. The van der Waals surface area contributed by atoms with E-state index in [0.717, 1.165) is 6.20 Å². The summed E-state index contributed by atoms with van der Waals surface area (Å²) in [6, 6.07) is 1.27. The van der Waals surface area contributed by atoms with Crippen molar-refractivity contribution in [3.63, 3.8) is 0 Å². The van der Waals surface area contributed by atoms with Crippen LogP contribution in [0.25, 0.3) is 0 Å². The molecule has 9 heteroatoms. The summed E-state index contributed by atoms with van der Waals surface area (Å²) in [6.45, 7) is 0.0558. The van der Waals surface area contributed by atoms with E-state index in [1.807, 2.05) is 0 Å². The molecule has 0 fully saturated rings. The van der Waals surface area contributed by atoms with Crippen LogP contribution in [0.15, 0.2) is 18.5 Å². The topological polar surface area (TPSA) is 34.2 Å². The Hall–Kier alpha value is -1.51. The van der Waals surface area contributed by atoms with Gasteiger partial charge in [-0.1, -0.05) is 0 Å². The van der Waals surface area contributed by atoms with Gasteiger partial charge in [0.15, 0.2) is 0 Å². The second kappa shape index (κ2) is 5.64. The third-order valence-corrected chi connectivity index (χ3v) is 2.08. The molecular formula is C10H10F6N2O. The molecule has 1 aromatic rings. The van der Waals surface area contributed by atoms with E-state index in [1.54, 1.807) is 0 Å². The van der Waals surface area contributed by atoms with Gasteiger partial charge in [0.1, 0.15) is 5.75 Å². The molecule has 0 atom stereocenters. The van der Waals surface area contributed by atoms with Crippen molar-refractivity contribution in [2.45, 2.75) is 25.0 Å². The van der Waals surface area contributed by atoms with Crippen molar-refractivity contribution in [2.24, 2.45) is 0 Å². The SMILES string of the molecule is CNCc1ccncc1OC(C(F)(F)F)C(F)(F)F. The molecule has 0 aliphatic rings. The standard InChI is InChI=1S/C10H10F6N2O/c1-17-4-6-2-3-18-5-7(6)19-8(9(11,12)13)10(14,15)16/h2-3,5,8,17H,4H2,1H3. The first-order valence-corrected chi connectivity index (χ1v) is 5.04. The molecule has 0 saturated heterocycles. The predicted octanol–water partition coefficient (Wildman–Crippen LogP) is 2.67. The number of ether oxygens (including phenoxy) is 1. The van der Waals surface area contributed by atoms with E-state index < -0.39 is 24.2 Å². The maximum absolute atomic E-state index is 12.3. The van der Waals surface area contributed by atoms with Crippen molar-refractivity contribution < 1.29 is 31.1 Å². The van der Waals surface area contributed by atoms with Gasteiger partial charge in [0.25, 0.3) is 6.10 Å². The van der Waals surface area contributed by atoms with Gasteiger partial charge in [0.05, 0.1) is 6.20 Å². The molecule has 0 bridgehead atoms. The minimum Gasteiger partial charge on any atom is -0.469 e. The van der Waals surface area contributed by atoms with Gasteiger partial charge in [0, 0.05) is 18.3 Å². The predicted molar refractivity (Wildman–Crippen MR) is 53.5 cm³/mol. The van der Waals surface area contributed by atoms with Crippen molar-refractivity contribution in [3.8, 4) is 5.75 Å². The quantitative estimate of drug-likeness (QED) is 0.865. The highest BCUT2D eigenvalue weighted by Gasteiger charge is 2.59. The molecule has 0 unspecified atom stereocenters. The van der Waals surface area contributed by atoms with Gasteiger partial charge in [-0.2, -0.15) is 26.3 Å². The third-order valence-electron chi connectivity index (χ3n) is 2.08. The molecule has 3 nitrogen and oxygen atoms in total. The first-order chi connectivity index (χ1) is 8.66. The highest BCUT2D eigenvalue weighted by atomic mass is 19.4. The zero-order chi connectivity index (χ0) is 14.7. The Morgan fingerprint density at radius 1 is 1.21 bits per heavy atom. The number of aromatic nitrogens is 1. The molecule has 19 heavy (non-hydrogen) atoms. The molecule has 1 rings (SSSR count). The fourth-order valence-electron chi connectivity index (χ4n) is 1.30. The zero-order valence-electron chi connectivity index (χ0n) is 9.64. The molecule has 0 saturated carbocycles. The number of halogens is 6. The average molecular weight is 288 g/mol. The summed E-state index contributed by atoms with van der Waals surface area (Å²) >= 11 is 0. The van der Waals surface area contributed by atoms with E-state index >= 15 is 0 Å². The lowest BCUT2D eigenvalue weighted by Crippen LogP contribution is -2.46. The van der Waals surface area contributed by atoms with E-state index in [4.69, 9.17) is 0 Å². The van der Waals surface area contributed by atoms with Gasteiger partial charge in [-0.05, 0) is 13.1 Å². The number of alkyl halides is 6. The number of nitrogens with zero attached hydrogens (tertiary/aromatic N) is 1. The van der Waals surface area contributed by atoms with E-state index in [0.29, 0.717) is 0 Å². The maximum atomic E-state index is 12.3. The zero-order valence-corrected chi connectivity index (χ0v) is 9.64. The molecule has 0 aromatic carbocycles. The van der Waals surface area contributed by atoms with Crippen LogP contribution < -0.4 is 10.1 Å². The van der Waals surface area contributed by atoms with Crippen molar-refractivity contribution in [2.75, 3.05) is 7.05 Å². The van der Waals surface area contributed by atoms with Crippen LogP contribution in [0.3, 0.4) is 0 Å². The lowest BCUT2D eigenvalue weighted by atomic mass is 10.2. The minimum atomic E-state index is -5.55. The second-order valence-electron chi connectivity index (χ2n) is 3.59. The van der Waals surface area contributed by atoms with Crippen molar-refractivity contribution in [1.29, 1.82) is 0 Å². The van der Waals surface area contributed by atoms with Crippen LogP contribution in [0.1, 0.15) is 5.56 Å². The van der Waals surface area contributed by atoms with Gasteiger partial charge in [-0.25, -0.2) is 0 Å². The summed E-state index contributed by atoms with van der Waals surface area (Å²) in [6.07, 6.45) is -12.9. The largest absolute Gasteiger partial charge is 0.469 e. The highest BCUT2D eigenvalue weighted by Crippen LogP contribution is 2.37. The third kappa shape index (κ3) is 4.27. The molecule has 0 spiro atoms. The molecule has 1 aromatic heterocycles. The molecular weight excluding hydrogens is 278 g/mol. The van der Waals surface area contributed by atoms with Crippen molar-refractivity contribution in [1.82, 2.24) is 10.3 Å². The number of pyridine rings is 1.